The number of rotatable bonds is 2. The van der Waals surface area contributed by atoms with Crippen molar-refractivity contribution in [2.45, 2.75) is 30.2 Å². The summed E-state index contributed by atoms with van der Waals surface area (Å²) in [5.74, 6) is -0.930. The lowest BCUT2D eigenvalue weighted by Crippen LogP contribution is -2.50. The Hall–Kier alpha value is -2.44. The van der Waals surface area contributed by atoms with Gasteiger partial charge < -0.3 is 10.2 Å². The number of likely N-dealkylation sites (tertiary alicyclic amines) is 1. The zero-order valence-corrected chi connectivity index (χ0v) is 12.4. The topological polar surface area (TPSA) is 78.5 Å². The summed E-state index contributed by atoms with van der Waals surface area (Å²) in [5, 5.41) is 4.84. The average molecular weight is 317 g/mol. The molecule has 0 bridgehead atoms. The third-order valence-corrected chi connectivity index (χ3v) is 5.12. The van der Waals surface area contributed by atoms with E-state index in [1.54, 1.807) is 23.1 Å². The van der Waals surface area contributed by atoms with Crippen molar-refractivity contribution in [1.29, 1.82) is 0 Å². The number of halogens is 1. The van der Waals surface area contributed by atoms with E-state index >= 15 is 0 Å². The second-order valence-corrected chi connectivity index (χ2v) is 6.53. The molecule has 6 nitrogen and oxygen atoms in total. The van der Waals surface area contributed by atoms with Gasteiger partial charge in [-0.3, -0.25) is 14.9 Å². The van der Waals surface area contributed by atoms with E-state index in [1.807, 2.05) is 0 Å². The first-order valence-corrected chi connectivity index (χ1v) is 7.65. The summed E-state index contributed by atoms with van der Waals surface area (Å²) in [6.45, 7) is 0.516. The quantitative estimate of drug-likeness (QED) is 0.787. The van der Waals surface area contributed by atoms with Crippen LogP contribution in [-0.4, -0.2) is 41.4 Å². The van der Waals surface area contributed by atoms with E-state index in [-0.39, 0.29) is 18.3 Å². The molecule has 3 aliphatic rings. The molecule has 4 amide bonds. The number of imide groups is 1. The molecule has 1 aromatic carbocycles. The zero-order chi connectivity index (χ0) is 16.2. The number of hydrogen-bond acceptors (Lipinski definition) is 3. The Kier molecular flexibility index (Phi) is 2.79. The Balaban J connectivity index is 1.58. The normalized spacial score (nSPS) is 28.0. The van der Waals surface area contributed by atoms with Crippen LogP contribution in [0, 0.1) is 5.82 Å². The van der Waals surface area contributed by atoms with Crippen molar-refractivity contribution in [1.82, 2.24) is 15.5 Å². The first kappa shape index (κ1) is 14.2. The predicted molar refractivity (Wildman–Crippen MR) is 77.9 cm³/mol. The lowest BCUT2D eigenvalue weighted by molar-refractivity contribution is -0.133. The highest BCUT2D eigenvalue weighted by molar-refractivity contribution is 6.08. The first-order chi connectivity index (χ1) is 11.0. The van der Waals surface area contributed by atoms with Crippen molar-refractivity contribution in [3.8, 4) is 0 Å². The fourth-order valence-electron chi connectivity index (χ4n) is 3.67. The molecule has 0 radical (unpaired) electrons. The van der Waals surface area contributed by atoms with Crippen LogP contribution < -0.4 is 10.6 Å². The van der Waals surface area contributed by atoms with Crippen LogP contribution in [0.2, 0.25) is 0 Å². The molecule has 2 aliphatic heterocycles. The Morgan fingerprint density at radius 2 is 1.91 bits per heavy atom. The average Bonchev–Trinajstić information content (AvgIpc) is 3.13. The SMILES string of the molecule is O=C1NC(=O)[C@]2(CCN(C(=O)C3(c4ccccc4F)CC3)C2)N1. The molecule has 0 unspecified atom stereocenters. The molecule has 1 saturated carbocycles. The monoisotopic (exact) mass is 317 g/mol. The fraction of sp³-hybridized carbons (Fsp3) is 0.438. The third kappa shape index (κ3) is 1.95. The van der Waals surface area contributed by atoms with Crippen LogP contribution >= 0.6 is 0 Å². The summed E-state index contributed by atoms with van der Waals surface area (Å²) in [6, 6.07) is 5.80. The minimum atomic E-state index is -1.03. The van der Waals surface area contributed by atoms with Gasteiger partial charge in [-0.25, -0.2) is 9.18 Å². The number of carbonyl (C=O) groups excluding carboxylic acids is 3. The first-order valence-electron chi connectivity index (χ1n) is 7.65. The molecule has 120 valence electrons. The summed E-state index contributed by atoms with van der Waals surface area (Å²) < 4.78 is 14.1. The Labute approximate surface area is 132 Å². The third-order valence-electron chi connectivity index (χ3n) is 5.12. The van der Waals surface area contributed by atoms with Crippen LogP contribution in [0.15, 0.2) is 24.3 Å². The van der Waals surface area contributed by atoms with Crippen molar-refractivity contribution in [3.63, 3.8) is 0 Å². The molecular formula is C16H16FN3O3. The van der Waals surface area contributed by atoms with Gasteiger partial charge in [0.2, 0.25) is 5.91 Å². The van der Waals surface area contributed by atoms with Crippen LogP contribution in [-0.2, 0) is 15.0 Å². The molecule has 1 aromatic rings. The van der Waals surface area contributed by atoms with Crippen LogP contribution in [0.1, 0.15) is 24.8 Å². The van der Waals surface area contributed by atoms with Crippen LogP contribution in [0.5, 0.6) is 0 Å². The number of benzene rings is 1. The number of hydrogen-bond donors (Lipinski definition) is 2. The lowest BCUT2D eigenvalue weighted by atomic mass is 9.93. The number of nitrogens with zero attached hydrogens (tertiary/aromatic N) is 1. The molecule has 1 spiro atoms. The second kappa shape index (κ2) is 4.53. The van der Waals surface area contributed by atoms with Crippen molar-refractivity contribution >= 4 is 17.8 Å². The van der Waals surface area contributed by atoms with Gasteiger partial charge in [0, 0.05) is 12.1 Å². The van der Waals surface area contributed by atoms with Gasteiger partial charge in [-0.1, -0.05) is 18.2 Å². The number of urea groups is 1. The predicted octanol–water partition coefficient (Wildman–Crippen LogP) is 0.668. The van der Waals surface area contributed by atoms with Gasteiger partial charge in [0.1, 0.15) is 11.4 Å². The molecule has 4 rings (SSSR count). The fourth-order valence-corrected chi connectivity index (χ4v) is 3.67. The minimum absolute atomic E-state index is 0.139. The Morgan fingerprint density at radius 3 is 2.52 bits per heavy atom. The molecule has 2 N–H and O–H groups in total. The molecular weight excluding hydrogens is 301 g/mol. The summed E-state index contributed by atoms with van der Waals surface area (Å²) in [5.41, 5.74) is -1.42. The Bertz CT molecular complexity index is 731. The number of carbonyl (C=O) groups is 3. The molecule has 2 heterocycles. The van der Waals surface area contributed by atoms with E-state index in [0.29, 0.717) is 31.4 Å². The van der Waals surface area contributed by atoms with Gasteiger partial charge in [0.05, 0.1) is 12.0 Å². The maximum Gasteiger partial charge on any atom is 0.322 e. The second-order valence-electron chi connectivity index (χ2n) is 6.53. The standard InChI is InChI=1S/C16H16FN3O3/c17-11-4-2-1-3-10(11)15(5-6-15)13(22)20-8-7-16(9-20)12(21)18-14(23)19-16/h1-4H,5-9H2,(H2,18,19,21,23)/t16-/m1/s1. The summed E-state index contributed by atoms with van der Waals surface area (Å²) in [6.07, 6.45) is 1.59. The van der Waals surface area contributed by atoms with Crippen LogP contribution in [0.3, 0.4) is 0 Å². The van der Waals surface area contributed by atoms with Gasteiger partial charge in [0.15, 0.2) is 0 Å². The van der Waals surface area contributed by atoms with Gasteiger partial charge in [-0.2, -0.15) is 0 Å². The van der Waals surface area contributed by atoms with Gasteiger partial charge >= 0.3 is 6.03 Å². The Morgan fingerprint density at radius 1 is 1.17 bits per heavy atom. The van der Waals surface area contributed by atoms with Gasteiger partial charge in [-0.15, -0.1) is 0 Å². The van der Waals surface area contributed by atoms with E-state index < -0.39 is 22.9 Å². The number of amides is 4. The van der Waals surface area contributed by atoms with Crippen molar-refractivity contribution in [2.75, 3.05) is 13.1 Å². The summed E-state index contributed by atoms with van der Waals surface area (Å²) in [4.78, 5) is 37.8. The smallest absolute Gasteiger partial charge is 0.322 e. The van der Waals surface area contributed by atoms with E-state index in [9.17, 15) is 18.8 Å². The highest BCUT2D eigenvalue weighted by Crippen LogP contribution is 2.51. The van der Waals surface area contributed by atoms with E-state index in [4.69, 9.17) is 0 Å². The van der Waals surface area contributed by atoms with Crippen molar-refractivity contribution in [2.24, 2.45) is 0 Å². The minimum Gasteiger partial charge on any atom is -0.339 e. The molecule has 2 saturated heterocycles. The highest BCUT2D eigenvalue weighted by atomic mass is 19.1. The van der Waals surface area contributed by atoms with Crippen molar-refractivity contribution in [3.05, 3.63) is 35.6 Å². The van der Waals surface area contributed by atoms with E-state index in [0.717, 1.165) is 0 Å². The summed E-state index contributed by atoms with van der Waals surface area (Å²) in [7, 11) is 0. The summed E-state index contributed by atoms with van der Waals surface area (Å²) >= 11 is 0. The van der Waals surface area contributed by atoms with E-state index in [1.165, 1.54) is 6.07 Å². The van der Waals surface area contributed by atoms with Crippen molar-refractivity contribution < 1.29 is 18.8 Å². The van der Waals surface area contributed by atoms with Crippen LogP contribution in [0.4, 0.5) is 9.18 Å². The molecule has 0 aromatic heterocycles. The number of nitrogens with one attached hydrogen (secondary N) is 2. The highest BCUT2D eigenvalue weighted by Gasteiger charge is 2.58. The van der Waals surface area contributed by atoms with Crippen LogP contribution in [0.25, 0.3) is 0 Å². The van der Waals surface area contributed by atoms with Gasteiger partial charge in [-0.05, 0) is 25.3 Å². The van der Waals surface area contributed by atoms with Gasteiger partial charge in [0.25, 0.3) is 5.91 Å². The molecule has 7 heteroatoms. The molecule has 1 atom stereocenters. The molecule has 3 fully saturated rings. The molecule has 23 heavy (non-hydrogen) atoms. The zero-order valence-electron chi connectivity index (χ0n) is 12.4. The lowest BCUT2D eigenvalue weighted by Gasteiger charge is -2.25. The maximum absolute atomic E-state index is 14.1. The van der Waals surface area contributed by atoms with E-state index in [2.05, 4.69) is 10.6 Å². The maximum atomic E-state index is 14.1. The largest absolute Gasteiger partial charge is 0.339 e. The molecule has 1 aliphatic carbocycles.